The average Bonchev–Trinajstić information content (AvgIpc) is 3.18. The molecule has 0 radical (unpaired) electrons. The summed E-state index contributed by atoms with van der Waals surface area (Å²) in [5.74, 6) is -1.39. The number of methoxy groups -OCH3 is 1. The van der Waals surface area contributed by atoms with Gasteiger partial charge in [0.15, 0.2) is 11.6 Å². The lowest BCUT2D eigenvalue weighted by molar-refractivity contribution is 0.297. The highest BCUT2D eigenvalue weighted by Gasteiger charge is 2.38. The van der Waals surface area contributed by atoms with Crippen molar-refractivity contribution in [1.82, 2.24) is 8.87 Å². The molecular weight excluding hydrogens is 398 g/mol. The molecule has 1 atom stereocenters. The van der Waals surface area contributed by atoms with Crippen molar-refractivity contribution in [2.75, 3.05) is 13.7 Å². The molecule has 0 unspecified atom stereocenters. The van der Waals surface area contributed by atoms with E-state index < -0.39 is 27.7 Å². The molecule has 0 amide bonds. The molecule has 29 heavy (non-hydrogen) atoms. The Labute approximate surface area is 168 Å². The molecule has 5 nitrogen and oxygen atoms in total. The average molecular weight is 418 g/mol. The Bertz CT molecular complexity index is 1170. The van der Waals surface area contributed by atoms with Gasteiger partial charge in [-0.05, 0) is 60.5 Å². The van der Waals surface area contributed by atoms with Crippen LogP contribution in [-0.2, 0) is 16.6 Å². The van der Waals surface area contributed by atoms with E-state index in [0.717, 1.165) is 12.1 Å². The summed E-state index contributed by atoms with van der Waals surface area (Å²) in [4.78, 5) is 0.128. The van der Waals surface area contributed by atoms with Crippen molar-refractivity contribution in [1.29, 1.82) is 0 Å². The van der Waals surface area contributed by atoms with Gasteiger partial charge in [-0.1, -0.05) is 6.07 Å². The van der Waals surface area contributed by atoms with Gasteiger partial charge in [-0.25, -0.2) is 17.2 Å². The molecule has 0 bridgehead atoms. The molecule has 1 aromatic heterocycles. The van der Waals surface area contributed by atoms with Gasteiger partial charge in [0.1, 0.15) is 5.75 Å². The third-order valence-corrected chi connectivity index (χ3v) is 7.09. The van der Waals surface area contributed by atoms with E-state index in [1.54, 1.807) is 25.1 Å². The van der Waals surface area contributed by atoms with Crippen molar-refractivity contribution in [2.24, 2.45) is 0 Å². The number of fused-ring (bicyclic) bond motifs is 1. The molecule has 2 aromatic carbocycles. The van der Waals surface area contributed by atoms with Crippen molar-refractivity contribution < 1.29 is 21.9 Å². The van der Waals surface area contributed by atoms with Crippen LogP contribution in [0.5, 0.6) is 5.75 Å². The van der Waals surface area contributed by atoms with Crippen LogP contribution in [0.4, 0.5) is 8.78 Å². The van der Waals surface area contributed by atoms with Crippen molar-refractivity contribution in [3.05, 3.63) is 83.2 Å². The van der Waals surface area contributed by atoms with Gasteiger partial charge in [-0.15, -0.1) is 0 Å². The Morgan fingerprint density at radius 2 is 1.83 bits per heavy atom. The Morgan fingerprint density at radius 3 is 2.52 bits per heavy atom. The van der Waals surface area contributed by atoms with Gasteiger partial charge in [-0.2, -0.15) is 4.31 Å². The smallest absolute Gasteiger partial charge is 0.244 e. The molecule has 4 rings (SSSR count). The monoisotopic (exact) mass is 418 g/mol. The SMILES string of the molecule is COc1ccc(S(=O)(=O)N2CCn3cccc3[C@@H]2c2ccc(F)c(F)c2)cc1C. The second-order valence-corrected chi connectivity index (χ2v) is 8.84. The van der Waals surface area contributed by atoms with Crippen LogP contribution in [0.25, 0.3) is 0 Å². The van der Waals surface area contributed by atoms with E-state index in [2.05, 4.69) is 0 Å². The number of aryl methyl sites for hydroxylation is 1. The summed E-state index contributed by atoms with van der Waals surface area (Å²) in [5, 5.41) is 0. The molecule has 0 fully saturated rings. The second-order valence-electron chi connectivity index (χ2n) is 6.95. The van der Waals surface area contributed by atoms with Crippen LogP contribution in [0.3, 0.4) is 0 Å². The maximum atomic E-state index is 14.0. The summed E-state index contributed by atoms with van der Waals surface area (Å²) in [5.41, 5.74) is 1.77. The second kappa shape index (κ2) is 7.27. The molecule has 1 aliphatic rings. The minimum Gasteiger partial charge on any atom is -0.496 e. The normalized spacial score (nSPS) is 17.2. The van der Waals surface area contributed by atoms with Crippen molar-refractivity contribution >= 4 is 10.0 Å². The molecule has 0 aliphatic carbocycles. The van der Waals surface area contributed by atoms with E-state index in [4.69, 9.17) is 4.74 Å². The third-order valence-electron chi connectivity index (χ3n) is 5.23. The highest BCUT2D eigenvalue weighted by atomic mass is 32.2. The highest BCUT2D eigenvalue weighted by molar-refractivity contribution is 7.89. The van der Waals surface area contributed by atoms with Gasteiger partial charge in [0.2, 0.25) is 10.0 Å². The predicted octanol–water partition coefficient (Wildman–Crippen LogP) is 3.88. The third kappa shape index (κ3) is 3.32. The van der Waals surface area contributed by atoms with E-state index >= 15 is 0 Å². The predicted molar refractivity (Wildman–Crippen MR) is 104 cm³/mol. The van der Waals surface area contributed by atoms with Gasteiger partial charge in [0.25, 0.3) is 0 Å². The van der Waals surface area contributed by atoms with E-state index in [1.165, 1.54) is 23.5 Å². The summed E-state index contributed by atoms with van der Waals surface area (Å²) < 4.78 is 63.0. The molecule has 3 aromatic rings. The van der Waals surface area contributed by atoms with E-state index in [1.807, 2.05) is 16.8 Å². The van der Waals surface area contributed by atoms with Gasteiger partial charge in [0, 0.05) is 25.0 Å². The maximum Gasteiger partial charge on any atom is 0.244 e. The molecule has 0 spiro atoms. The van der Waals surface area contributed by atoms with Gasteiger partial charge < -0.3 is 9.30 Å². The van der Waals surface area contributed by atoms with Crippen LogP contribution >= 0.6 is 0 Å². The Balaban J connectivity index is 1.84. The first-order valence-corrected chi connectivity index (χ1v) is 10.5. The fraction of sp³-hybridized carbons (Fsp3) is 0.238. The van der Waals surface area contributed by atoms with Crippen LogP contribution in [0, 0.1) is 18.6 Å². The van der Waals surface area contributed by atoms with Crippen molar-refractivity contribution in [2.45, 2.75) is 24.4 Å². The molecule has 0 N–H and O–H groups in total. The molecular formula is C21H20F2N2O3S. The lowest BCUT2D eigenvalue weighted by atomic mass is 10.0. The first kappa shape index (κ1) is 19.6. The number of benzene rings is 2. The summed E-state index contributed by atoms with van der Waals surface area (Å²) in [6.07, 6.45) is 1.85. The van der Waals surface area contributed by atoms with Crippen LogP contribution in [0.1, 0.15) is 22.9 Å². The zero-order chi connectivity index (χ0) is 20.8. The van der Waals surface area contributed by atoms with Crippen molar-refractivity contribution in [3.8, 4) is 5.75 Å². The number of aromatic nitrogens is 1. The largest absolute Gasteiger partial charge is 0.496 e. The van der Waals surface area contributed by atoms with Crippen molar-refractivity contribution in [3.63, 3.8) is 0 Å². The fourth-order valence-corrected chi connectivity index (χ4v) is 5.45. The van der Waals surface area contributed by atoms with Gasteiger partial charge in [0.05, 0.1) is 18.0 Å². The lowest BCUT2D eigenvalue weighted by Gasteiger charge is -2.36. The number of hydrogen-bond acceptors (Lipinski definition) is 3. The fourth-order valence-electron chi connectivity index (χ4n) is 3.79. The first-order chi connectivity index (χ1) is 13.8. The molecule has 8 heteroatoms. The number of nitrogens with zero attached hydrogens (tertiary/aromatic N) is 2. The Morgan fingerprint density at radius 1 is 1.03 bits per heavy atom. The molecule has 152 valence electrons. The topological polar surface area (TPSA) is 51.5 Å². The zero-order valence-corrected chi connectivity index (χ0v) is 16.8. The van der Waals surface area contributed by atoms with Crippen LogP contribution < -0.4 is 4.74 Å². The molecule has 0 saturated heterocycles. The quantitative estimate of drug-likeness (QED) is 0.646. The summed E-state index contributed by atoms with van der Waals surface area (Å²) in [6, 6.07) is 11.0. The van der Waals surface area contributed by atoms with Gasteiger partial charge in [-0.3, -0.25) is 0 Å². The Hall–Kier alpha value is -2.71. The molecule has 0 saturated carbocycles. The summed E-state index contributed by atoms with van der Waals surface area (Å²) in [7, 11) is -2.38. The van der Waals surface area contributed by atoms with Gasteiger partial charge >= 0.3 is 0 Å². The minimum atomic E-state index is -3.90. The minimum absolute atomic E-state index is 0.128. The summed E-state index contributed by atoms with van der Waals surface area (Å²) >= 11 is 0. The zero-order valence-electron chi connectivity index (χ0n) is 16.0. The number of sulfonamides is 1. The van der Waals surface area contributed by atoms with E-state index in [9.17, 15) is 17.2 Å². The lowest BCUT2D eigenvalue weighted by Crippen LogP contribution is -2.42. The van der Waals surface area contributed by atoms with E-state index in [-0.39, 0.29) is 11.4 Å². The van der Waals surface area contributed by atoms with Crippen LogP contribution in [0.15, 0.2) is 59.6 Å². The maximum absolute atomic E-state index is 14.0. The number of halogens is 2. The van der Waals surface area contributed by atoms with Crippen LogP contribution in [0.2, 0.25) is 0 Å². The highest BCUT2D eigenvalue weighted by Crippen LogP contribution is 2.37. The standard InChI is InChI=1S/C21H20F2N2O3S/c1-14-12-16(6-8-20(14)28-2)29(26,27)25-11-10-24-9-3-4-19(24)21(25)15-5-7-17(22)18(23)13-15/h3-9,12-13,21H,10-11H2,1-2H3/t21-/m0/s1. The first-order valence-electron chi connectivity index (χ1n) is 9.09. The molecule has 2 heterocycles. The molecule has 1 aliphatic heterocycles. The number of hydrogen-bond donors (Lipinski definition) is 0. The van der Waals surface area contributed by atoms with Crippen LogP contribution in [-0.4, -0.2) is 30.9 Å². The summed E-state index contributed by atoms with van der Waals surface area (Å²) in [6.45, 7) is 2.45. The number of ether oxygens (including phenoxy) is 1. The number of rotatable bonds is 4. The Kier molecular flexibility index (Phi) is 4.92. The van der Waals surface area contributed by atoms with E-state index in [0.29, 0.717) is 29.1 Å².